The molecule has 7 nitrogen and oxygen atoms in total. The number of rotatable bonds is 5. The normalized spacial score (nSPS) is 12.6. The van der Waals surface area contributed by atoms with Crippen LogP contribution in [0.1, 0.15) is 49.2 Å². The second kappa shape index (κ2) is 7.79. The van der Waals surface area contributed by atoms with Crippen LogP contribution in [0.2, 0.25) is 0 Å². The maximum atomic E-state index is 13.3. The minimum atomic E-state index is -0.181. The van der Waals surface area contributed by atoms with Gasteiger partial charge >= 0.3 is 0 Å². The Balaban J connectivity index is 1.83. The van der Waals surface area contributed by atoms with Crippen LogP contribution in [0.5, 0.6) is 0 Å². The molecule has 0 aliphatic carbocycles. The van der Waals surface area contributed by atoms with Crippen LogP contribution < -0.4 is 5.56 Å². The molecule has 0 bridgehead atoms. The molecule has 1 atom stereocenters. The molecule has 0 saturated heterocycles. The van der Waals surface area contributed by atoms with Gasteiger partial charge in [-0.25, -0.2) is 14.5 Å². The summed E-state index contributed by atoms with van der Waals surface area (Å²) in [6.07, 6.45) is 1.69. The molecule has 3 heterocycles. The van der Waals surface area contributed by atoms with Crippen molar-refractivity contribution in [1.29, 1.82) is 0 Å². The molecule has 148 valence electrons. The Morgan fingerprint density at radius 1 is 1.10 bits per heavy atom. The van der Waals surface area contributed by atoms with E-state index in [-0.39, 0.29) is 16.7 Å². The second-order valence-corrected chi connectivity index (χ2v) is 8.46. The van der Waals surface area contributed by atoms with Gasteiger partial charge in [-0.1, -0.05) is 42.9 Å². The van der Waals surface area contributed by atoms with E-state index < -0.39 is 0 Å². The zero-order chi connectivity index (χ0) is 20.5. The van der Waals surface area contributed by atoms with Crippen LogP contribution in [0.4, 0.5) is 0 Å². The molecule has 3 aromatic heterocycles. The summed E-state index contributed by atoms with van der Waals surface area (Å²) in [5.41, 5.74) is 1.50. The summed E-state index contributed by atoms with van der Waals surface area (Å²) in [4.78, 5) is 26.9. The Hall–Kier alpha value is -3.00. The van der Waals surface area contributed by atoms with Crippen LogP contribution in [0.3, 0.4) is 0 Å². The molecule has 0 unspecified atom stereocenters. The van der Waals surface area contributed by atoms with Crippen molar-refractivity contribution in [2.24, 2.45) is 0 Å². The average Bonchev–Trinajstić information content (AvgIpc) is 3.19. The van der Waals surface area contributed by atoms with Gasteiger partial charge in [0.15, 0.2) is 11.0 Å². The maximum Gasteiger partial charge on any atom is 0.267 e. The van der Waals surface area contributed by atoms with E-state index in [0.717, 1.165) is 5.56 Å². The van der Waals surface area contributed by atoms with E-state index in [1.54, 1.807) is 16.8 Å². The number of benzene rings is 1. The van der Waals surface area contributed by atoms with Crippen molar-refractivity contribution in [3.8, 4) is 5.82 Å². The number of aryl methyl sites for hydroxylation is 1. The van der Waals surface area contributed by atoms with E-state index >= 15 is 0 Å². The predicted octanol–water partition coefficient (Wildman–Crippen LogP) is 4.45. The number of aromatic nitrogens is 5. The third kappa shape index (κ3) is 3.80. The molecule has 8 heteroatoms. The monoisotopic (exact) mass is 407 g/mol. The number of para-hydroxylation sites is 1. The molecule has 0 amide bonds. The Labute approximate surface area is 172 Å². The number of nitrogens with zero attached hydrogens (tertiary/aromatic N) is 5. The zero-order valence-electron chi connectivity index (χ0n) is 16.7. The lowest BCUT2D eigenvalue weighted by Crippen LogP contribution is -2.23. The summed E-state index contributed by atoms with van der Waals surface area (Å²) in [7, 11) is 0. The Kier molecular flexibility index (Phi) is 5.19. The van der Waals surface area contributed by atoms with E-state index in [4.69, 9.17) is 9.51 Å². The number of thioether (sulfide) groups is 1. The maximum absolute atomic E-state index is 13.3. The van der Waals surface area contributed by atoms with Gasteiger partial charge in [0.1, 0.15) is 5.82 Å². The smallest absolute Gasteiger partial charge is 0.267 e. The zero-order valence-corrected chi connectivity index (χ0v) is 17.5. The van der Waals surface area contributed by atoms with Crippen molar-refractivity contribution in [2.45, 2.75) is 44.0 Å². The first-order chi connectivity index (χ1) is 13.9. The lowest BCUT2D eigenvalue weighted by molar-refractivity contribution is 0.373. The molecule has 29 heavy (non-hydrogen) atoms. The van der Waals surface area contributed by atoms with Crippen molar-refractivity contribution >= 4 is 22.7 Å². The van der Waals surface area contributed by atoms with Gasteiger partial charge in [-0.2, -0.15) is 4.98 Å². The first-order valence-corrected chi connectivity index (χ1v) is 10.3. The molecule has 0 aliphatic heterocycles. The van der Waals surface area contributed by atoms with Gasteiger partial charge in [-0.05, 0) is 43.7 Å². The van der Waals surface area contributed by atoms with Crippen LogP contribution >= 0.6 is 11.8 Å². The number of fused-ring (bicyclic) bond motifs is 1. The van der Waals surface area contributed by atoms with Crippen molar-refractivity contribution in [1.82, 2.24) is 24.7 Å². The average molecular weight is 407 g/mol. The van der Waals surface area contributed by atoms with Crippen LogP contribution in [0.15, 0.2) is 57.1 Å². The topological polar surface area (TPSA) is 86.7 Å². The predicted molar refractivity (Wildman–Crippen MR) is 113 cm³/mol. The van der Waals surface area contributed by atoms with Gasteiger partial charge in [0.2, 0.25) is 5.89 Å². The summed E-state index contributed by atoms with van der Waals surface area (Å²) < 4.78 is 6.98. The standard InChI is InChI=1S/C21H21N5O2S/c1-12(2)18-24-19(28-25-18)14(4)29-21-23-16-8-6-5-7-15(16)20(27)26(21)17-11-13(3)9-10-22-17/h5-12,14H,1-4H3/t14-/m1/s1. The first kappa shape index (κ1) is 19.3. The molecule has 4 rings (SSSR count). The highest BCUT2D eigenvalue weighted by Crippen LogP contribution is 2.34. The molecule has 0 spiro atoms. The van der Waals surface area contributed by atoms with Crippen LogP contribution in [-0.4, -0.2) is 24.7 Å². The summed E-state index contributed by atoms with van der Waals surface area (Å²) >= 11 is 1.39. The summed E-state index contributed by atoms with van der Waals surface area (Å²) in [5.74, 6) is 1.89. The van der Waals surface area contributed by atoms with E-state index in [9.17, 15) is 4.79 Å². The molecular formula is C21H21N5O2S. The minimum Gasteiger partial charge on any atom is -0.338 e. The van der Waals surface area contributed by atoms with Crippen LogP contribution in [-0.2, 0) is 0 Å². The lowest BCUT2D eigenvalue weighted by atomic mass is 10.2. The van der Waals surface area contributed by atoms with Gasteiger partial charge < -0.3 is 4.52 Å². The highest BCUT2D eigenvalue weighted by atomic mass is 32.2. The van der Waals surface area contributed by atoms with Gasteiger partial charge in [0, 0.05) is 12.1 Å². The van der Waals surface area contributed by atoms with Crippen molar-refractivity contribution < 1.29 is 4.52 Å². The highest BCUT2D eigenvalue weighted by Gasteiger charge is 2.22. The fourth-order valence-corrected chi connectivity index (χ4v) is 3.84. The van der Waals surface area contributed by atoms with Gasteiger partial charge in [-0.15, -0.1) is 0 Å². The number of hydrogen-bond donors (Lipinski definition) is 0. The molecule has 0 saturated carbocycles. The molecule has 0 N–H and O–H groups in total. The summed E-state index contributed by atoms with van der Waals surface area (Å²) in [6.45, 7) is 7.94. The Bertz CT molecular complexity index is 1230. The largest absolute Gasteiger partial charge is 0.338 e. The summed E-state index contributed by atoms with van der Waals surface area (Å²) in [6, 6.07) is 11.1. The van der Waals surface area contributed by atoms with E-state index in [1.165, 1.54) is 11.8 Å². The minimum absolute atomic E-state index is 0.156. The Morgan fingerprint density at radius 2 is 1.90 bits per heavy atom. The molecule has 0 fully saturated rings. The molecule has 0 radical (unpaired) electrons. The SMILES string of the molecule is Cc1ccnc(-n2c(S[C@H](C)c3nc(C(C)C)no3)nc3ccccc3c2=O)c1. The van der Waals surface area contributed by atoms with Crippen LogP contribution in [0.25, 0.3) is 16.7 Å². The fraction of sp³-hybridized carbons (Fsp3) is 0.286. The lowest BCUT2D eigenvalue weighted by Gasteiger charge is -2.14. The Morgan fingerprint density at radius 3 is 2.62 bits per heavy atom. The van der Waals surface area contributed by atoms with Gasteiger partial charge in [0.25, 0.3) is 5.56 Å². The van der Waals surface area contributed by atoms with Gasteiger partial charge in [0.05, 0.1) is 16.2 Å². The van der Waals surface area contributed by atoms with E-state index in [1.807, 2.05) is 58.0 Å². The van der Waals surface area contributed by atoms with Crippen molar-refractivity contribution in [3.63, 3.8) is 0 Å². The fourth-order valence-electron chi connectivity index (χ4n) is 2.89. The van der Waals surface area contributed by atoms with E-state index in [0.29, 0.717) is 33.6 Å². The molecular weight excluding hydrogens is 386 g/mol. The molecule has 0 aliphatic rings. The second-order valence-electron chi connectivity index (χ2n) is 7.15. The number of hydrogen-bond acceptors (Lipinski definition) is 7. The summed E-state index contributed by atoms with van der Waals surface area (Å²) in [5, 5.41) is 4.94. The van der Waals surface area contributed by atoms with Crippen LogP contribution in [0, 0.1) is 6.92 Å². The van der Waals surface area contributed by atoms with Gasteiger partial charge in [-0.3, -0.25) is 4.79 Å². The number of pyridine rings is 1. The third-order valence-electron chi connectivity index (χ3n) is 4.48. The van der Waals surface area contributed by atoms with Crippen molar-refractivity contribution in [3.05, 3.63) is 70.2 Å². The molecule has 1 aromatic carbocycles. The van der Waals surface area contributed by atoms with E-state index in [2.05, 4.69) is 15.1 Å². The first-order valence-electron chi connectivity index (χ1n) is 9.39. The highest BCUT2D eigenvalue weighted by molar-refractivity contribution is 7.99. The third-order valence-corrected chi connectivity index (χ3v) is 5.52. The van der Waals surface area contributed by atoms with Crippen molar-refractivity contribution in [2.75, 3.05) is 0 Å². The molecule has 4 aromatic rings. The quantitative estimate of drug-likeness (QED) is 0.357.